The van der Waals surface area contributed by atoms with Crippen LogP contribution in [-0.2, 0) is 17.4 Å². The molecule has 0 spiro atoms. The van der Waals surface area contributed by atoms with Crippen LogP contribution in [-0.4, -0.2) is 13.0 Å². The van der Waals surface area contributed by atoms with Gasteiger partial charge in [-0.3, -0.25) is 4.79 Å². The Bertz CT molecular complexity index is 401. The first-order valence-electron chi connectivity index (χ1n) is 5.22. The molecule has 1 N–H and O–H groups in total. The molecule has 2 nitrogen and oxygen atoms in total. The maximum atomic E-state index is 12.5. The van der Waals surface area contributed by atoms with Crippen molar-refractivity contribution in [2.24, 2.45) is 5.92 Å². The van der Waals surface area contributed by atoms with Gasteiger partial charge >= 0.3 is 6.18 Å². The maximum absolute atomic E-state index is 12.5. The van der Waals surface area contributed by atoms with Crippen LogP contribution in [0.15, 0.2) is 24.3 Å². The number of carbonyl (C=O) groups excluding carboxylic acids is 1. The highest BCUT2D eigenvalue weighted by molar-refractivity contribution is 5.78. The van der Waals surface area contributed by atoms with Crippen molar-refractivity contribution in [3.8, 4) is 0 Å². The molecule has 0 saturated carbocycles. The van der Waals surface area contributed by atoms with Crippen LogP contribution in [0.2, 0.25) is 0 Å². The smallest absolute Gasteiger partial charge is 0.359 e. The van der Waals surface area contributed by atoms with Crippen LogP contribution in [0.3, 0.4) is 0 Å². The van der Waals surface area contributed by atoms with Gasteiger partial charge in [0, 0.05) is 13.0 Å². The van der Waals surface area contributed by atoms with Gasteiger partial charge < -0.3 is 5.32 Å². The first-order chi connectivity index (χ1) is 7.84. The number of halogens is 3. The Hall–Kier alpha value is -1.52. The van der Waals surface area contributed by atoms with Gasteiger partial charge in [-0.2, -0.15) is 13.2 Å². The van der Waals surface area contributed by atoms with E-state index in [2.05, 4.69) is 5.32 Å². The van der Waals surface area contributed by atoms with E-state index in [0.717, 1.165) is 12.1 Å². The SMILES string of the molecule is CNC(=O)[C@@H](C)Cc1cccc(C(F)(F)F)c1. The molecular formula is C12H14F3NO. The molecule has 1 aromatic carbocycles. The first kappa shape index (κ1) is 13.5. The number of amides is 1. The molecule has 1 aromatic rings. The zero-order valence-electron chi connectivity index (χ0n) is 9.64. The fourth-order valence-corrected chi connectivity index (χ4v) is 1.57. The number of hydrogen-bond donors (Lipinski definition) is 1. The Morgan fingerprint density at radius 3 is 2.59 bits per heavy atom. The average Bonchev–Trinajstić information content (AvgIpc) is 2.27. The van der Waals surface area contributed by atoms with Crippen LogP contribution in [0.25, 0.3) is 0 Å². The minimum Gasteiger partial charge on any atom is -0.359 e. The molecule has 0 unspecified atom stereocenters. The molecule has 5 heteroatoms. The van der Waals surface area contributed by atoms with Gasteiger partial charge in [-0.1, -0.05) is 25.1 Å². The molecule has 1 amide bonds. The van der Waals surface area contributed by atoms with Gasteiger partial charge in [-0.05, 0) is 18.1 Å². The summed E-state index contributed by atoms with van der Waals surface area (Å²) in [5.74, 6) is -0.522. The molecule has 1 rings (SSSR count). The second kappa shape index (κ2) is 5.21. The van der Waals surface area contributed by atoms with E-state index in [9.17, 15) is 18.0 Å². The summed E-state index contributed by atoms with van der Waals surface area (Å²) in [5, 5.41) is 2.47. The van der Waals surface area contributed by atoms with Crippen molar-refractivity contribution in [1.29, 1.82) is 0 Å². The average molecular weight is 245 g/mol. The Morgan fingerprint density at radius 2 is 2.06 bits per heavy atom. The van der Waals surface area contributed by atoms with E-state index in [1.54, 1.807) is 13.0 Å². The van der Waals surface area contributed by atoms with Crippen LogP contribution in [0, 0.1) is 5.92 Å². The Labute approximate surface area is 97.8 Å². The molecular weight excluding hydrogens is 231 g/mol. The van der Waals surface area contributed by atoms with E-state index in [1.165, 1.54) is 13.1 Å². The van der Waals surface area contributed by atoms with Gasteiger partial charge in [-0.15, -0.1) is 0 Å². The lowest BCUT2D eigenvalue weighted by Gasteiger charge is -2.12. The third-order valence-corrected chi connectivity index (χ3v) is 2.49. The van der Waals surface area contributed by atoms with Gasteiger partial charge in [-0.25, -0.2) is 0 Å². The number of carbonyl (C=O) groups is 1. The van der Waals surface area contributed by atoms with E-state index >= 15 is 0 Å². The van der Waals surface area contributed by atoms with Crippen LogP contribution >= 0.6 is 0 Å². The Kier molecular flexibility index (Phi) is 4.15. The molecule has 0 aliphatic carbocycles. The van der Waals surface area contributed by atoms with Crippen molar-refractivity contribution in [1.82, 2.24) is 5.32 Å². The van der Waals surface area contributed by atoms with Crippen LogP contribution in [0.1, 0.15) is 18.1 Å². The number of alkyl halides is 3. The van der Waals surface area contributed by atoms with Crippen LogP contribution in [0.5, 0.6) is 0 Å². The van der Waals surface area contributed by atoms with Crippen LogP contribution in [0.4, 0.5) is 13.2 Å². The summed E-state index contributed by atoms with van der Waals surface area (Å²) in [6, 6.07) is 5.05. The number of benzene rings is 1. The largest absolute Gasteiger partial charge is 0.416 e. The summed E-state index contributed by atoms with van der Waals surface area (Å²) in [6.45, 7) is 1.68. The summed E-state index contributed by atoms with van der Waals surface area (Å²) in [5.41, 5.74) is -0.171. The van der Waals surface area contributed by atoms with Gasteiger partial charge in [0.15, 0.2) is 0 Å². The highest BCUT2D eigenvalue weighted by Crippen LogP contribution is 2.29. The lowest BCUT2D eigenvalue weighted by molar-refractivity contribution is -0.137. The molecule has 0 aliphatic heterocycles. The molecule has 94 valence electrons. The van der Waals surface area contributed by atoms with Gasteiger partial charge in [0.2, 0.25) is 5.91 Å². The summed E-state index contributed by atoms with van der Waals surface area (Å²) in [6.07, 6.45) is -4.05. The minimum atomic E-state index is -4.34. The quantitative estimate of drug-likeness (QED) is 0.871. The maximum Gasteiger partial charge on any atom is 0.416 e. The molecule has 1 atom stereocenters. The third kappa shape index (κ3) is 3.76. The highest BCUT2D eigenvalue weighted by Gasteiger charge is 2.30. The molecule has 0 bridgehead atoms. The Morgan fingerprint density at radius 1 is 1.41 bits per heavy atom. The highest BCUT2D eigenvalue weighted by atomic mass is 19.4. The first-order valence-corrected chi connectivity index (χ1v) is 5.22. The second-order valence-corrected chi connectivity index (χ2v) is 3.92. The van der Waals surface area contributed by atoms with E-state index in [4.69, 9.17) is 0 Å². The van der Waals surface area contributed by atoms with E-state index in [1.807, 2.05) is 0 Å². The number of hydrogen-bond acceptors (Lipinski definition) is 1. The van der Waals surface area contributed by atoms with Crippen molar-refractivity contribution >= 4 is 5.91 Å². The normalized spacial score (nSPS) is 13.2. The second-order valence-electron chi connectivity index (χ2n) is 3.92. The minimum absolute atomic E-state index is 0.178. The van der Waals surface area contributed by atoms with Gasteiger partial charge in [0.1, 0.15) is 0 Å². The molecule has 0 saturated heterocycles. The summed E-state index contributed by atoms with van der Waals surface area (Å²) >= 11 is 0. The molecule has 0 fully saturated rings. The zero-order chi connectivity index (χ0) is 13.1. The summed E-state index contributed by atoms with van der Waals surface area (Å²) < 4.78 is 37.4. The van der Waals surface area contributed by atoms with Crippen molar-refractivity contribution in [2.45, 2.75) is 19.5 Å². The van der Waals surface area contributed by atoms with Crippen molar-refractivity contribution in [3.05, 3.63) is 35.4 Å². The van der Waals surface area contributed by atoms with Gasteiger partial charge in [0.25, 0.3) is 0 Å². The molecule has 0 heterocycles. The number of rotatable bonds is 3. The third-order valence-electron chi connectivity index (χ3n) is 2.49. The lowest BCUT2D eigenvalue weighted by Crippen LogP contribution is -2.26. The predicted molar refractivity (Wildman–Crippen MR) is 58.4 cm³/mol. The van der Waals surface area contributed by atoms with Gasteiger partial charge in [0.05, 0.1) is 5.56 Å². The molecule has 0 aromatic heterocycles. The topological polar surface area (TPSA) is 29.1 Å². The fraction of sp³-hybridized carbons (Fsp3) is 0.417. The van der Waals surface area contributed by atoms with E-state index in [0.29, 0.717) is 12.0 Å². The summed E-state index contributed by atoms with van der Waals surface area (Å²) in [4.78, 5) is 11.3. The Balaban J connectivity index is 2.83. The van der Waals surface area contributed by atoms with E-state index in [-0.39, 0.29) is 11.8 Å². The zero-order valence-corrected chi connectivity index (χ0v) is 9.64. The summed E-state index contributed by atoms with van der Waals surface area (Å²) in [7, 11) is 1.50. The molecule has 17 heavy (non-hydrogen) atoms. The fourth-order valence-electron chi connectivity index (χ4n) is 1.57. The standard InChI is InChI=1S/C12H14F3NO/c1-8(11(17)16-2)6-9-4-3-5-10(7-9)12(13,14)15/h3-5,7-8H,6H2,1-2H3,(H,16,17)/t8-/m0/s1. The van der Waals surface area contributed by atoms with Crippen molar-refractivity contribution in [3.63, 3.8) is 0 Å². The van der Waals surface area contributed by atoms with Crippen molar-refractivity contribution in [2.75, 3.05) is 7.05 Å². The monoisotopic (exact) mass is 245 g/mol. The molecule has 0 radical (unpaired) electrons. The lowest BCUT2D eigenvalue weighted by atomic mass is 9.99. The van der Waals surface area contributed by atoms with E-state index < -0.39 is 11.7 Å². The predicted octanol–water partition coefficient (Wildman–Crippen LogP) is 2.63. The van der Waals surface area contributed by atoms with Crippen LogP contribution < -0.4 is 5.32 Å². The molecule has 0 aliphatic rings. The van der Waals surface area contributed by atoms with Crippen molar-refractivity contribution < 1.29 is 18.0 Å². The number of nitrogens with one attached hydrogen (secondary N) is 1.